The molecule has 0 radical (unpaired) electrons. The van der Waals surface area contributed by atoms with Gasteiger partial charge in [-0.1, -0.05) is 23.2 Å². The van der Waals surface area contributed by atoms with Gasteiger partial charge in [0.15, 0.2) is 6.10 Å². The fourth-order valence-electron chi connectivity index (χ4n) is 2.18. The van der Waals surface area contributed by atoms with Gasteiger partial charge < -0.3 is 15.1 Å². The van der Waals surface area contributed by atoms with Crippen molar-refractivity contribution in [1.82, 2.24) is 4.90 Å². The van der Waals surface area contributed by atoms with Crippen LogP contribution in [0.15, 0.2) is 18.2 Å². The van der Waals surface area contributed by atoms with Crippen molar-refractivity contribution in [3.63, 3.8) is 0 Å². The highest BCUT2D eigenvalue weighted by Gasteiger charge is 2.40. The number of hydrogen-bond donors (Lipinski definition) is 2. The molecule has 0 saturated heterocycles. The maximum Gasteiger partial charge on any atom is 0.326 e. The van der Waals surface area contributed by atoms with Crippen LogP contribution in [0.4, 0.5) is 0 Å². The molecule has 0 aromatic heterocycles. The summed E-state index contributed by atoms with van der Waals surface area (Å²) in [6.45, 7) is 1.43. The van der Waals surface area contributed by atoms with Crippen molar-refractivity contribution < 1.29 is 19.8 Å². The average molecular weight is 332 g/mol. The van der Waals surface area contributed by atoms with E-state index >= 15 is 0 Å². The zero-order valence-corrected chi connectivity index (χ0v) is 12.8. The molecule has 0 heterocycles. The van der Waals surface area contributed by atoms with Crippen molar-refractivity contribution in [3.8, 4) is 0 Å². The van der Waals surface area contributed by atoms with E-state index < -0.39 is 24.0 Å². The van der Waals surface area contributed by atoms with Gasteiger partial charge in [0, 0.05) is 16.1 Å². The summed E-state index contributed by atoms with van der Waals surface area (Å²) < 4.78 is 0. The fraction of sp³-hybridized carbons (Fsp3) is 0.429. The van der Waals surface area contributed by atoms with E-state index in [1.807, 2.05) is 0 Å². The van der Waals surface area contributed by atoms with Crippen LogP contribution in [0.2, 0.25) is 10.0 Å². The van der Waals surface area contributed by atoms with Crippen LogP contribution >= 0.6 is 23.2 Å². The van der Waals surface area contributed by atoms with Gasteiger partial charge in [-0.2, -0.15) is 0 Å². The molecule has 1 saturated carbocycles. The Balaban J connectivity index is 2.25. The Labute approximate surface area is 132 Å². The first-order valence-corrected chi connectivity index (χ1v) is 7.26. The number of halogens is 2. The van der Waals surface area contributed by atoms with Gasteiger partial charge in [-0.15, -0.1) is 0 Å². The highest BCUT2D eigenvalue weighted by molar-refractivity contribution is 6.34. The molecule has 2 unspecified atom stereocenters. The minimum absolute atomic E-state index is 0.132. The molecule has 2 rings (SSSR count). The maximum atomic E-state index is 12.4. The number of nitrogens with zero attached hydrogens (tertiary/aromatic N) is 1. The summed E-state index contributed by atoms with van der Waals surface area (Å²) in [4.78, 5) is 24.8. The molecule has 114 valence electrons. The lowest BCUT2D eigenvalue weighted by Gasteiger charge is -2.28. The summed E-state index contributed by atoms with van der Waals surface area (Å²) in [6.07, 6.45) is 0.00211. The Kier molecular flexibility index (Phi) is 4.76. The molecule has 0 aliphatic heterocycles. The summed E-state index contributed by atoms with van der Waals surface area (Å²) in [7, 11) is 0. The summed E-state index contributed by atoms with van der Waals surface area (Å²) in [5.41, 5.74) is 0.251. The molecule has 1 aromatic carbocycles. The predicted molar refractivity (Wildman–Crippen MR) is 78.4 cm³/mol. The number of carbonyl (C=O) groups is 2. The van der Waals surface area contributed by atoms with Gasteiger partial charge in [0.05, 0.1) is 0 Å². The molecule has 1 fully saturated rings. The van der Waals surface area contributed by atoms with Gasteiger partial charge in [0.25, 0.3) is 5.91 Å². The predicted octanol–water partition coefficient (Wildman–Crippen LogP) is 2.49. The molecule has 1 amide bonds. The van der Waals surface area contributed by atoms with Crippen molar-refractivity contribution in [1.29, 1.82) is 0 Å². The Bertz CT molecular complexity index is 554. The van der Waals surface area contributed by atoms with Crippen molar-refractivity contribution in [3.05, 3.63) is 33.8 Å². The molecule has 1 aromatic rings. The molecule has 7 heteroatoms. The molecular formula is C14H15Cl2NO4. The van der Waals surface area contributed by atoms with E-state index in [1.165, 1.54) is 30.0 Å². The van der Waals surface area contributed by atoms with E-state index in [2.05, 4.69) is 0 Å². The van der Waals surface area contributed by atoms with Gasteiger partial charge >= 0.3 is 5.97 Å². The zero-order valence-electron chi connectivity index (χ0n) is 11.3. The molecule has 1 aliphatic carbocycles. The lowest BCUT2D eigenvalue weighted by molar-refractivity contribution is -0.154. The van der Waals surface area contributed by atoms with Crippen molar-refractivity contribution in [2.45, 2.75) is 38.0 Å². The van der Waals surface area contributed by atoms with E-state index in [4.69, 9.17) is 28.3 Å². The smallest absolute Gasteiger partial charge is 0.326 e. The summed E-state index contributed by atoms with van der Waals surface area (Å²) in [5, 5.41) is 19.9. The van der Waals surface area contributed by atoms with Gasteiger partial charge in [-0.25, -0.2) is 4.79 Å². The first-order valence-electron chi connectivity index (χ1n) is 6.50. The monoisotopic (exact) mass is 331 g/mol. The molecular weight excluding hydrogens is 317 g/mol. The highest BCUT2D eigenvalue weighted by atomic mass is 35.5. The first-order chi connectivity index (χ1) is 9.81. The number of aliphatic hydroxyl groups excluding tert-OH is 1. The average Bonchev–Trinajstić information content (AvgIpc) is 3.21. The second kappa shape index (κ2) is 6.22. The maximum absolute atomic E-state index is 12.4. The normalized spacial score (nSPS) is 17.1. The van der Waals surface area contributed by atoms with E-state index in [1.54, 1.807) is 0 Å². The second-order valence-corrected chi connectivity index (χ2v) is 5.97. The third-order valence-electron chi connectivity index (χ3n) is 3.40. The number of hydrogen-bond acceptors (Lipinski definition) is 3. The Morgan fingerprint density at radius 3 is 2.19 bits per heavy atom. The number of aliphatic carboxylic acids is 1. The molecule has 2 N–H and O–H groups in total. The van der Waals surface area contributed by atoms with Gasteiger partial charge in [0.2, 0.25) is 0 Å². The van der Waals surface area contributed by atoms with E-state index in [0.29, 0.717) is 10.0 Å². The zero-order chi connectivity index (χ0) is 15.7. The molecule has 2 atom stereocenters. The largest absolute Gasteiger partial charge is 0.480 e. The first kappa shape index (κ1) is 16.1. The summed E-state index contributed by atoms with van der Waals surface area (Å²) in [6, 6.07) is 3.24. The molecule has 1 aliphatic rings. The van der Waals surface area contributed by atoms with Crippen LogP contribution in [0.1, 0.15) is 31.4 Å². The summed E-state index contributed by atoms with van der Waals surface area (Å²) in [5.74, 6) is -1.75. The number of benzene rings is 1. The number of rotatable bonds is 5. The van der Waals surface area contributed by atoms with Crippen molar-refractivity contribution >= 4 is 35.1 Å². The number of carboxylic acids is 1. The quantitative estimate of drug-likeness (QED) is 0.868. The number of aliphatic hydroxyl groups is 1. The third kappa shape index (κ3) is 3.67. The van der Waals surface area contributed by atoms with Crippen LogP contribution in [0.3, 0.4) is 0 Å². The van der Waals surface area contributed by atoms with Crippen molar-refractivity contribution in [2.75, 3.05) is 0 Å². The summed E-state index contributed by atoms with van der Waals surface area (Å²) >= 11 is 11.7. The second-order valence-electron chi connectivity index (χ2n) is 5.10. The number of amides is 1. The highest BCUT2D eigenvalue weighted by Crippen LogP contribution is 2.32. The standard InChI is InChI=1S/C14H15Cl2NO4/c1-7(14(20)21)17(11-2-3-11)13(19)12(18)8-4-9(15)6-10(16)5-8/h4-7,11-12,18H,2-3H2,1H3,(H,20,21). The number of carboxylic acid groups (broad SMARTS) is 1. The van der Waals surface area contributed by atoms with Crippen LogP contribution in [0.25, 0.3) is 0 Å². The fourth-order valence-corrected chi connectivity index (χ4v) is 2.72. The molecule has 21 heavy (non-hydrogen) atoms. The molecule has 5 nitrogen and oxygen atoms in total. The topological polar surface area (TPSA) is 77.8 Å². The van der Waals surface area contributed by atoms with Gasteiger partial charge in [0.1, 0.15) is 6.04 Å². The lowest BCUT2D eigenvalue weighted by Crippen LogP contribution is -2.46. The molecule has 0 bridgehead atoms. The van der Waals surface area contributed by atoms with E-state index in [9.17, 15) is 14.7 Å². The Hall–Kier alpha value is -1.30. The van der Waals surface area contributed by atoms with Crippen LogP contribution in [0, 0.1) is 0 Å². The van der Waals surface area contributed by atoms with Gasteiger partial charge in [-0.05, 0) is 43.5 Å². The molecule has 0 spiro atoms. The SMILES string of the molecule is CC(C(=O)O)N(C(=O)C(O)c1cc(Cl)cc(Cl)c1)C1CC1. The van der Waals surface area contributed by atoms with E-state index in [0.717, 1.165) is 12.8 Å². The van der Waals surface area contributed by atoms with E-state index in [-0.39, 0.29) is 11.6 Å². The lowest BCUT2D eigenvalue weighted by atomic mass is 10.1. The van der Waals surface area contributed by atoms with Crippen LogP contribution in [-0.2, 0) is 9.59 Å². The Morgan fingerprint density at radius 1 is 1.24 bits per heavy atom. The minimum atomic E-state index is -1.48. The van der Waals surface area contributed by atoms with Crippen LogP contribution in [0.5, 0.6) is 0 Å². The van der Waals surface area contributed by atoms with Gasteiger partial charge in [-0.3, -0.25) is 4.79 Å². The third-order valence-corrected chi connectivity index (χ3v) is 3.84. The van der Waals surface area contributed by atoms with Crippen LogP contribution in [-0.4, -0.2) is 39.1 Å². The van der Waals surface area contributed by atoms with Crippen molar-refractivity contribution in [2.24, 2.45) is 0 Å². The number of carbonyl (C=O) groups excluding carboxylic acids is 1. The Morgan fingerprint density at radius 2 is 1.76 bits per heavy atom. The minimum Gasteiger partial charge on any atom is -0.480 e. The van der Waals surface area contributed by atoms with Crippen LogP contribution < -0.4 is 0 Å².